The number of anilines is 1. The van der Waals surface area contributed by atoms with Gasteiger partial charge in [0.1, 0.15) is 5.82 Å². The number of halogens is 2. The van der Waals surface area contributed by atoms with Crippen molar-refractivity contribution in [2.24, 2.45) is 0 Å². The molecule has 0 saturated heterocycles. The molecule has 0 aliphatic carbocycles. The number of nitrogens with one attached hydrogen (secondary N) is 1. The van der Waals surface area contributed by atoms with Crippen LogP contribution in [0.4, 0.5) is 10.1 Å². The van der Waals surface area contributed by atoms with Gasteiger partial charge in [-0.05, 0) is 29.8 Å². The minimum Gasteiger partial charge on any atom is -0.478 e. The van der Waals surface area contributed by atoms with Crippen LogP contribution in [0.2, 0.25) is 5.02 Å². The van der Waals surface area contributed by atoms with Crippen LogP contribution >= 0.6 is 11.6 Å². The number of carboxylic acid groups (broad SMARTS) is 1. The normalized spacial score (nSPS) is 10.2. The molecule has 3 nitrogen and oxygen atoms in total. The first kappa shape index (κ1) is 13.4. The maximum absolute atomic E-state index is 13.0. The second kappa shape index (κ2) is 5.71. The topological polar surface area (TPSA) is 49.3 Å². The number of carbonyl (C=O) groups is 1. The Morgan fingerprint density at radius 2 is 2.00 bits per heavy atom. The molecule has 0 heterocycles. The van der Waals surface area contributed by atoms with Crippen molar-refractivity contribution in [1.82, 2.24) is 0 Å². The molecule has 0 fully saturated rings. The third-order valence-electron chi connectivity index (χ3n) is 2.64. The standard InChI is InChI=1S/C14H11ClFNO2/c15-12-4-2-1-3-9(12)8-17-13-6-5-10(16)7-11(13)14(18)19/h1-7,17H,8H2,(H,18,19). The molecule has 2 aromatic carbocycles. The minimum absolute atomic E-state index is 0.105. The number of carboxylic acids is 1. The Morgan fingerprint density at radius 1 is 1.26 bits per heavy atom. The van der Waals surface area contributed by atoms with Gasteiger partial charge >= 0.3 is 5.97 Å². The lowest BCUT2D eigenvalue weighted by molar-refractivity contribution is 0.0697. The molecule has 2 N–H and O–H groups in total. The van der Waals surface area contributed by atoms with E-state index in [0.717, 1.165) is 11.6 Å². The molecule has 0 aliphatic rings. The lowest BCUT2D eigenvalue weighted by Crippen LogP contribution is -2.07. The molecular weight excluding hydrogens is 269 g/mol. The number of hydrogen-bond acceptors (Lipinski definition) is 2. The molecule has 5 heteroatoms. The first-order valence-electron chi connectivity index (χ1n) is 5.58. The highest BCUT2D eigenvalue weighted by Gasteiger charge is 2.11. The molecule has 2 rings (SSSR count). The van der Waals surface area contributed by atoms with Crippen LogP contribution in [0.25, 0.3) is 0 Å². The summed E-state index contributed by atoms with van der Waals surface area (Å²) in [7, 11) is 0. The van der Waals surface area contributed by atoms with E-state index >= 15 is 0 Å². The summed E-state index contributed by atoms with van der Waals surface area (Å²) in [5.74, 6) is -1.76. The second-order valence-electron chi connectivity index (χ2n) is 3.94. The van der Waals surface area contributed by atoms with Crippen LogP contribution in [0.1, 0.15) is 15.9 Å². The van der Waals surface area contributed by atoms with Crippen molar-refractivity contribution >= 4 is 23.3 Å². The van der Waals surface area contributed by atoms with E-state index in [1.807, 2.05) is 18.2 Å². The lowest BCUT2D eigenvalue weighted by atomic mass is 10.1. The van der Waals surface area contributed by atoms with Crippen molar-refractivity contribution in [3.8, 4) is 0 Å². The first-order valence-corrected chi connectivity index (χ1v) is 5.96. The molecule has 98 valence electrons. The summed E-state index contributed by atoms with van der Waals surface area (Å²) >= 11 is 6.00. The van der Waals surface area contributed by atoms with Crippen LogP contribution in [0, 0.1) is 5.82 Å². The SMILES string of the molecule is O=C(O)c1cc(F)ccc1NCc1ccccc1Cl. The van der Waals surface area contributed by atoms with Gasteiger partial charge in [-0.25, -0.2) is 9.18 Å². The fraction of sp³-hybridized carbons (Fsp3) is 0.0714. The maximum atomic E-state index is 13.0. The van der Waals surface area contributed by atoms with Crippen LogP contribution in [-0.4, -0.2) is 11.1 Å². The van der Waals surface area contributed by atoms with Gasteiger partial charge in [0.2, 0.25) is 0 Å². The highest BCUT2D eigenvalue weighted by molar-refractivity contribution is 6.31. The number of aromatic carboxylic acids is 1. The Labute approximate surface area is 114 Å². The summed E-state index contributed by atoms with van der Waals surface area (Å²) < 4.78 is 13.0. The van der Waals surface area contributed by atoms with Gasteiger partial charge in [0.05, 0.1) is 5.56 Å². The Kier molecular flexibility index (Phi) is 4.02. The zero-order valence-corrected chi connectivity index (χ0v) is 10.6. The smallest absolute Gasteiger partial charge is 0.337 e. The van der Waals surface area contributed by atoms with Gasteiger partial charge < -0.3 is 10.4 Å². The van der Waals surface area contributed by atoms with E-state index < -0.39 is 11.8 Å². The summed E-state index contributed by atoms with van der Waals surface area (Å²) in [6.45, 7) is 0.367. The van der Waals surface area contributed by atoms with Crippen molar-refractivity contribution in [3.63, 3.8) is 0 Å². The summed E-state index contributed by atoms with van der Waals surface area (Å²) in [5, 5.41) is 12.5. The molecular formula is C14H11ClFNO2. The average molecular weight is 280 g/mol. The molecule has 0 aromatic heterocycles. The monoisotopic (exact) mass is 279 g/mol. The Hall–Kier alpha value is -2.07. The van der Waals surface area contributed by atoms with E-state index in [4.69, 9.17) is 16.7 Å². The Balaban J connectivity index is 2.20. The molecule has 0 atom stereocenters. The average Bonchev–Trinajstić information content (AvgIpc) is 2.38. The van der Waals surface area contributed by atoms with Gasteiger partial charge in [-0.3, -0.25) is 0 Å². The van der Waals surface area contributed by atoms with Crippen molar-refractivity contribution in [2.75, 3.05) is 5.32 Å². The van der Waals surface area contributed by atoms with Crippen LogP contribution < -0.4 is 5.32 Å². The van der Waals surface area contributed by atoms with Crippen LogP contribution in [0.5, 0.6) is 0 Å². The zero-order valence-electron chi connectivity index (χ0n) is 9.86. The predicted molar refractivity (Wildman–Crippen MR) is 72.1 cm³/mol. The van der Waals surface area contributed by atoms with Crippen molar-refractivity contribution in [1.29, 1.82) is 0 Å². The molecule has 0 amide bonds. The zero-order chi connectivity index (χ0) is 13.8. The van der Waals surface area contributed by atoms with E-state index in [2.05, 4.69) is 5.32 Å². The number of benzene rings is 2. The highest BCUT2D eigenvalue weighted by Crippen LogP contribution is 2.20. The van der Waals surface area contributed by atoms with Gasteiger partial charge in [0.15, 0.2) is 0 Å². The van der Waals surface area contributed by atoms with Crippen LogP contribution in [0.15, 0.2) is 42.5 Å². The van der Waals surface area contributed by atoms with Gasteiger partial charge in [-0.1, -0.05) is 29.8 Å². The molecule has 0 spiro atoms. The van der Waals surface area contributed by atoms with E-state index in [9.17, 15) is 9.18 Å². The third kappa shape index (κ3) is 3.23. The van der Waals surface area contributed by atoms with Gasteiger partial charge in [-0.15, -0.1) is 0 Å². The predicted octanol–water partition coefficient (Wildman–Crippen LogP) is 3.79. The molecule has 0 radical (unpaired) electrons. The fourth-order valence-electron chi connectivity index (χ4n) is 1.68. The fourth-order valence-corrected chi connectivity index (χ4v) is 1.88. The summed E-state index contributed by atoms with van der Waals surface area (Å²) in [4.78, 5) is 11.0. The van der Waals surface area contributed by atoms with E-state index in [1.165, 1.54) is 12.1 Å². The quantitative estimate of drug-likeness (QED) is 0.895. The minimum atomic E-state index is -1.18. The largest absolute Gasteiger partial charge is 0.478 e. The number of rotatable bonds is 4. The van der Waals surface area contributed by atoms with Crippen molar-refractivity contribution < 1.29 is 14.3 Å². The summed E-state index contributed by atoms with van der Waals surface area (Å²) in [6, 6.07) is 10.8. The van der Waals surface area contributed by atoms with Gasteiger partial charge in [-0.2, -0.15) is 0 Å². The van der Waals surface area contributed by atoms with E-state index in [0.29, 0.717) is 17.3 Å². The first-order chi connectivity index (χ1) is 9.08. The van der Waals surface area contributed by atoms with Crippen LogP contribution in [0.3, 0.4) is 0 Å². The highest BCUT2D eigenvalue weighted by atomic mass is 35.5. The molecule has 0 unspecified atom stereocenters. The maximum Gasteiger partial charge on any atom is 0.337 e. The van der Waals surface area contributed by atoms with Gasteiger partial charge in [0, 0.05) is 17.3 Å². The lowest BCUT2D eigenvalue weighted by Gasteiger charge is -2.10. The summed E-state index contributed by atoms with van der Waals surface area (Å²) in [5.41, 5.74) is 1.09. The van der Waals surface area contributed by atoms with E-state index in [-0.39, 0.29) is 5.56 Å². The summed E-state index contributed by atoms with van der Waals surface area (Å²) in [6.07, 6.45) is 0. The molecule has 0 bridgehead atoms. The van der Waals surface area contributed by atoms with Crippen LogP contribution in [-0.2, 0) is 6.54 Å². The molecule has 0 aliphatic heterocycles. The molecule has 19 heavy (non-hydrogen) atoms. The van der Waals surface area contributed by atoms with Gasteiger partial charge in [0.25, 0.3) is 0 Å². The number of hydrogen-bond donors (Lipinski definition) is 2. The third-order valence-corrected chi connectivity index (χ3v) is 3.01. The molecule has 0 saturated carbocycles. The Bertz CT molecular complexity index is 616. The Morgan fingerprint density at radius 3 is 2.68 bits per heavy atom. The second-order valence-corrected chi connectivity index (χ2v) is 4.35. The van der Waals surface area contributed by atoms with Crippen molar-refractivity contribution in [2.45, 2.75) is 6.54 Å². The van der Waals surface area contributed by atoms with Crippen molar-refractivity contribution in [3.05, 3.63) is 64.4 Å². The van der Waals surface area contributed by atoms with E-state index in [1.54, 1.807) is 6.07 Å². The molecule has 2 aromatic rings.